The van der Waals surface area contributed by atoms with Crippen molar-refractivity contribution in [3.63, 3.8) is 0 Å². The molecule has 0 bridgehead atoms. The number of nitrogens with one attached hydrogen (secondary N) is 1. The third-order valence-corrected chi connectivity index (χ3v) is 13.5. The molecule has 1 atom stereocenters. The van der Waals surface area contributed by atoms with Crippen molar-refractivity contribution in [2.45, 2.75) is 14.6 Å². The molecule has 236 valence electrons. The molecule has 0 amide bonds. The predicted octanol–water partition coefficient (Wildman–Crippen LogP) is 3.38. The van der Waals surface area contributed by atoms with Crippen molar-refractivity contribution in [2.24, 2.45) is 0 Å². The normalized spacial score (nSPS) is 12.3. The molecular formula is C27H25As2NO12PS2+. The molecule has 1 heterocycles. The number of sulfonamides is 1. The maximum atomic E-state index is 12.6. The first-order valence-electron chi connectivity index (χ1n) is 12.8. The monoisotopic (exact) mass is 800 g/mol. The first kappa shape index (κ1) is 34.7. The van der Waals surface area contributed by atoms with E-state index in [1.165, 1.54) is 42.5 Å². The quantitative estimate of drug-likeness (QED) is 0.0416. The molecular weight excluding hydrogens is 775 g/mol. The third kappa shape index (κ3) is 9.43. The minimum atomic E-state index is -4.06. The van der Waals surface area contributed by atoms with Gasteiger partial charge in [0.05, 0.1) is 0 Å². The second-order valence-corrected chi connectivity index (χ2v) is 18.0. The molecule has 6 N–H and O–H groups in total. The zero-order valence-electron chi connectivity index (χ0n) is 23.0. The van der Waals surface area contributed by atoms with Gasteiger partial charge in [0.15, 0.2) is 0 Å². The fourth-order valence-electron chi connectivity index (χ4n) is 3.69. The van der Waals surface area contributed by atoms with E-state index in [2.05, 4.69) is 4.72 Å². The van der Waals surface area contributed by atoms with Crippen LogP contribution < -0.4 is 14.2 Å². The summed E-state index contributed by atoms with van der Waals surface area (Å²) in [6.45, 7) is 0.237. The van der Waals surface area contributed by atoms with Crippen molar-refractivity contribution in [3.05, 3.63) is 65.7 Å². The van der Waals surface area contributed by atoms with Crippen LogP contribution >= 0.6 is 19.4 Å². The van der Waals surface area contributed by atoms with Crippen LogP contribution in [0.15, 0.2) is 58.8 Å². The summed E-state index contributed by atoms with van der Waals surface area (Å²) in [7, 11) is -6.78. The summed E-state index contributed by atoms with van der Waals surface area (Å²) in [6, 6.07) is 12.3. The van der Waals surface area contributed by atoms with Gasteiger partial charge in [-0.1, -0.05) is 0 Å². The second kappa shape index (κ2) is 15.4. The zero-order chi connectivity index (χ0) is 32.7. The van der Waals surface area contributed by atoms with Crippen molar-refractivity contribution in [3.8, 4) is 34.5 Å². The van der Waals surface area contributed by atoms with E-state index < -0.39 is 67.3 Å². The molecule has 4 aromatic rings. The van der Waals surface area contributed by atoms with Gasteiger partial charge < -0.3 is 0 Å². The molecule has 2 radical (unpaired) electrons. The number of hydrogen-bond donors (Lipinski definition) is 6. The molecule has 18 heteroatoms. The summed E-state index contributed by atoms with van der Waals surface area (Å²) >= 11 is -0.844. The fourth-order valence-corrected chi connectivity index (χ4v) is 9.90. The summed E-state index contributed by atoms with van der Waals surface area (Å²) in [4.78, 5) is 34.1. The molecule has 0 saturated heterocycles. The predicted molar refractivity (Wildman–Crippen MR) is 167 cm³/mol. The van der Waals surface area contributed by atoms with Crippen LogP contribution in [-0.2, 0) is 14.6 Å². The Morgan fingerprint density at radius 2 is 1.29 bits per heavy atom. The Balaban J connectivity index is 1.46. The zero-order valence-corrected chi connectivity index (χ0v) is 29.3. The first-order valence-corrected chi connectivity index (χ1v) is 21.0. The summed E-state index contributed by atoms with van der Waals surface area (Å²) in [5, 5.41) is 39.5. The molecule has 0 spiro atoms. The number of aromatic hydroxyl groups is 4. The third-order valence-electron chi connectivity index (χ3n) is 5.87. The molecule has 0 aliphatic heterocycles. The van der Waals surface area contributed by atoms with Crippen LogP contribution in [-0.4, -0.2) is 93.9 Å². The SMILES string of the molecule is O=C([As]CCOc1cc2cc(S(=O)(=O)NC[P+](=O)O)sc2cc1OCC[As]C(=O)c1ccc(O)c(O)c1)c1ccc(O)c(O)c1. The van der Waals surface area contributed by atoms with Gasteiger partial charge in [-0.15, -0.1) is 0 Å². The molecule has 3 aromatic carbocycles. The number of fused-ring (bicyclic) bond motifs is 1. The number of ether oxygens (including phenoxy) is 2. The summed E-state index contributed by atoms with van der Waals surface area (Å²) in [6.07, 6.45) is -0.634. The van der Waals surface area contributed by atoms with E-state index in [-0.39, 0.29) is 60.7 Å². The fraction of sp³-hybridized carbons (Fsp3) is 0.185. The number of rotatable bonds is 16. The van der Waals surface area contributed by atoms with Crippen LogP contribution in [0.3, 0.4) is 0 Å². The van der Waals surface area contributed by atoms with Gasteiger partial charge >= 0.3 is 267 Å². The molecule has 1 aromatic heterocycles. The molecule has 45 heavy (non-hydrogen) atoms. The van der Waals surface area contributed by atoms with Crippen LogP contribution in [0.5, 0.6) is 34.5 Å². The number of phenolic OH excluding ortho intramolecular Hbond substituents is 4. The van der Waals surface area contributed by atoms with Gasteiger partial charge in [0.25, 0.3) is 0 Å². The van der Waals surface area contributed by atoms with Crippen molar-refractivity contribution >= 4 is 80.1 Å². The van der Waals surface area contributed by atoms with Crippen LogP contribution in [0.2, 0.25) is 10.4 Å². The Kier molecular flexibility index (Phi) is 11.9. The van der Waals surface area contributed by atoms with Crippen LogP contribution in [0.25, 0.3) is 10.1 Å². The van der Waals surface area contributed by atoms with E-state index >= 15 is 0 Å². The van der Waals surface area contributed by atoms with E-state index in [0.29, 0.717) is 20.5 Å². The minimum absolute atomic E-state index is 0.0852. The maximum absolute atomic E-state index is 12.6. The van der Waals surface area contributed by atoms with Gasteiger partial charge in [-0.2, -0.15) is 4.89 Å². The molecule has 0 saturated carbocycles. The number of phenols is 4. The van der Waals surface area contributed by atoms with Crippen LogP contribution in [0.1, 0.15) is 20.7 Å². The van der Waals surface area contributed by atoms with Gasteiger partial charge in [0, 0.05) is 0 Å². The van der Waals surface area contributed by atoms with E-state index in [0.717, 1.165) is 11.3 Å². The van der Waals surface area contributed by atoms with Crippen molar-refractivity contribution in [2.75, 3.05) is 19.5 Å². The van der Waals surface area contributed by atoms with E-state index in [1.807, 2.05) is 0 Å². The van der Waals surface area contributed by atoms with Crippen molar-refractivity contribution in [1.82, 2.24) is 4.72 Å². The first-order chi connectivity index (χ1) is 21.3. The van der Waals surface area contributed by atoms with Gasteiger partial charge in [0.1, 0.15) is 0 Å². The molecule has 1 unspecified atom stereocenters. The summed E-state index contributed by atoms with van der Waals surface area (Å²) in [5.41, 5.74) is 0.532. The molecule has 0 fully saturated rings. The van der Waals surface area contributed by atoms with E-state index in [4.69, 9.17) is 14.4 Å². The van der Waals surface area contributed by atoms with Gasteiger partial charge in [-0.05, 0) is 4.57 Å². The Hall–Kier alpha value is -3.15. The second-order valence-electron chi connectivity index (χ2n) is 9.04. The molecule has 0 aliphatic carbocycles. The molecule has 0 aliphatic rings. The molecule has 13 nitrogen and oxygen atoms in total. The van der Waals surface area contributed by atoms with E-state index in [9.17, 15) is 43.0 Å². The Morgan fingerprint density at radius 1 is 0.778 bits per heavy atom. The van der Waals surface area contributed by atoms with Gasteiger partial charge in [-0.25, -0.2) is 0 Å². The Labute approximate surface area is 275 Å². The number of benzene rings is 3. The van der Waals surface area contributed by atoms with Gasteiger partial charge in [-0.3, -0.25) is 0 Å². The Morgan fingerprint density at radius 3 is 1.78 bits per heavy atom. The van der Waals surface area contributed by atoms with Crippen LogP contribution in [0.4, 0.5) is 0 Å². The topological polar surface area (TPSA) is 217 Å². The van der Waals surface area contributed by atoms with Crippen LogP contribution in [0, 0.1) is 0 Å². The van der Waals surface area contributed by atoms with Crippen molar-refractivity contribution < 1.29 is 57.4 Å². The summed E-state index contributed by atoms with van der Waals surface area (Å²) < 4.78 is 50.3. The number of hydrogen-bond acceptors (Lipinski definition) is 12. The number of carbonyl (C=O) groups excluding carboxylic acids is 2. The average molecular weight is 800 g/mol. The van der Waals surface area contributed by atoms with E-state index in [1.54, 1.807) is 12.1 Å². The van der Waals surface area contributed by atoms with Gasteiger partial charge in [0.2, 0.25) is 0 Å². The summed E-state index contributed by atoms with van der Waals surface area (Å²) in [5.74, 6) is -0.890. The standard InChI is InChI=1S/C27H24As2NO12PS2/c31-18-3-1-15(9-20(18)33)26(35)28-5-7-41-22-11-17-12-25(45(39,40)30-14-43(37)38)44-24(17)13-23(22)42-8-6-29-27(36)16-2-4-19(32)21(34)10-16/h1-4,9-13,30H,5-8,14H2,(H4-,31,32,33,34,35,36,37,38)/p+1. The average Bonchev–Trinajstić information content (AvgIpc) is 3.43. The number of carbonyl (C=O) groups is 2. The molecule has 4 rings (SSSR count). The number of thiophene rings is 1. The Bertz CT molecular complexity index is 1760. The van der Waals surface area contributed by atoms with Crippen molar-refractivity contribution in [1.29, 1.82) is 0 Å².